The molecule has 1 saturated carbocycles. The second kappa shape index (κ2) is 3.43. The molecule has 0 aromatic rings. The van der Waals surface area contributed by atoms with E-state index in [4.69, 9.17) is 7.85 Å². The van der Waals surface area contributed by atoms with Crippen molar-refractivity contribution in [2.24, 2.45) is 5.41 Å². The van der Waals surface area contributed by atoms with Gasteiger partial charge in [0.05, 0.1) is 7.85 Å². The number of rotatable bonds is 3. The van der Waals surface area contributed by atoms with Crippen LogP contribution in [0.1, 0.15) is 59.3 Å². The maximum Gasteiger partial charge on any atom is 0.0753 e. The second-order valence-corrected chi connectivity index (χ2v) is 4.63. The van der Waals surface area contributed by atoms with E-state index < -0.39 is 0 Å². The lowest BCUT2D eigenvalue weighted by Gasteiger charge is -2.44. The van der Waals surface area contributed by atoms with Crippen molar-refractivity contribution < 1.29 is 0 Å². The third kappa shape index (κ3) is 1.43. The zero-order valence-electron chi connectivity index (χ0n) is 8.82. The molecule has 68 valence electrons. The Balaban J connectivity index is 2.75. The molecule has 0 unspecified atom stereocenters. The Morgan fingerprint density at radius 1 is 1.17 bits per heavy atom. The molecule has 0 atom stereocenters. The van der Waals surface area contributed by atoms with Crippen LogP contribution in [0.3, 0.4) is 0 Å². The van der Waals surface area contributed by atoms with Gasteiger partial charge in [0.15, 0.2) is 0 Å². The summed E-state index contributed by atoms with van der Waals surface area (Å²) in [4.78, 5) is 0. The van der Waals surface area contributed by atoms with Gasteiger partial charge in [0.25, 0.3) is 0 Å². The van der Waals surface area contributed by atoms with Crippen molar-refractivity contribution in [1.82, 2.24) is 0 Å². The first-order chi connectivity index (χ1) is 5.58. The van der Waals surface area contributed by atoms with Gasteiger partial charge in [0.1, 0.15) is 0 Å². The molecule has 1 aliphatic rings. The van der Waals surface area contributed by atoms with Crippen LogP contribution < -0.4 is 0 Å². The van der Waals surface area contributed by atoms with Gasteiger partial charge in [-0.05, 0) is 5.41 Å². The molecule has 0 N–H and O–H groups in total. The summed E-state index contributed by atoms with van der Waals surface area (Å²) in [5.41, 5.74) is 0.378. The average molecular weight is 164 g/mol. The first-order valence-electron chi connectivity index (χ1n) is 5.37. The molecular weight excluding hydrogens is 143 g/mol. The van der Waals surface area contributed by atoms with E-state index in [1.165, 1.54) is 38.5 Å². The minimum atomic E-state index is 0.149. The molecule has 0 bridgehead atoms. The third-order valence-electron chi connectivity index (χ3n) is 4.26. The number of hydrogen-bond donors (Lipinski definition) is 0. The van der Waals surface area contributed by atoms with E-state index in [-0.39, 0.29) is 5.31 Å². The molecule has 0 nitrogen and oxygen atoms in total. The van der Waals surface area contributed by atoms with Gasteiger partial charge in [-0.15, -0.1) is 0 Å². The van der Waals surface area contributed by atoms with Crippen molar-refractivity contribution in [1.29, 1.82) is 0 Å². The molecule has 1 fully saturated rings. The van der Waals surface area contributed by atoms with Crippen molar-refractivity contribution in [2.45, 2.75) is 64.6 Å². The highest BCUT2D eigenvalue weighted by atomic mass is 14.4. The predicted molar refractivity (Wildman–Crippen MR) is 55.6 cm³/mol. The van der Waals surface area contributed by atoms with Crippen LogP contribution in [0, 0.1) is 5.41 Å². The number of hydrogen-bond acceptors (Lipinski definition) is 0. The molecule has 0 spiro atoms. The van der Waals surface area contributed by atoms with Gasteiger partial charge < -0.3 is 0 Å². The Labute approximate surface area is 78.5 Å². The Bertz CT molecular complexity index is 139. The van der Waals surface area contributed by atoms with Gasteiger partial charge in [0.2, 0.25) is 0 Å². The van der Waals surface area contributed by atoms with Gasteiger partial charge >= 0.3 is 0 Å². The van der Waals surface area contributed by atoms with Crippen LogP contribution >= 0.6 is 0 Å². The highest BCUT2D eigenvalue weighted by Crippen LogP contribution is 2.58. The quantitative estimate of drug-likeness (QED) is 0.557. The SMILES string of the molecule is [B]C1(C(C)(CC)CC)CCCC1. The van der Waals surface area contributed by atoms with E-state index >= 15 is 0 Å². The fourth-order valence-electron chi connectivity index (χ4n) is 2.56. The zero-order chi connectivity index (χ0) is 9.24. The molecule has 1 aliphatic carbocycles. The van der Waals surface area contributed by atoms with Crippen LogP contribution in [0.15, 0.2) is 0 Å². The van der Waals surface area contributed by atoms with Gasteiger partial charge in [0, 0.05) is 0 Å². The van der Waals surface area contributed by atoms with Crippen LogP contribution in [-0.4, -0.2) is 7.85 Å². The van der Waals surface area contributed by atoms with E-state index in [0.29, 0.717) is 5.41 Å². The molecule has 1 rings (SSSR count). The van der Waals surface area contributed by atoms with Crippen molar-refractivity contribution in [3.05, 3.63) is 0 Å². The lowest BCUT2D eigenvalue weighted by molar-refractivity contribution is 0.189. The lowest BCUT2D eigenvalue weighted by atomic mass is 9.50. The molecule has 0 aliphatic heterocycles. The smallest absolute Gasteiger partial charge is 0.0649 e. The third-order valence-corrected chi connectivity index (χ3v) is 4.26. The normalized spacial score (nSPS) is 22.9. The van der Waals surface area contributed by atoms with Crippen LogP contribution in [-0.2, 0) is 0 Å². The summed E-state index contributed by atoms with van der Waals surface area (Å²) >= 11 is 0. The Morgan fingerprint density at radius 2 is 1.58 bits per heavy atom. The van der Waals surface area contributed by atoms with Gasteiger partial charge in [-0.25, -0.2) is 0 Å². The minimum Gasteiger partial charge on any atom is -0.0649 e. The Kier molecular flexibility index (Phi) is 2.90. The standard InChI is InChI=1S/C11H21B/c1-4-10(3,5-2)11(12)8-6-7-9-11/h4-9H2,1-3H3. The lowest BCUT2D eigenvalue weighted by Crippen LogP contribution is -2.31. The molecule has 12 heavy (non-hydrogen) atoms. The highest BCUT2D eigenvalue weighted by molar-refractivity contribution is 6.16. The minimum absolute atomic E-state index is 0.149. The first-order valence-corrected chi connectivity index (χ1v) is 5.37. The van der Waals surface area contributed by atoms with Crippen molar-refractivity contribution in [3.63, 3.8) is 0 Å². The molecule has 0 saturated heterocycles. The molecule has 0 aromatic carbocycles. The topological polar surface area (TPSA) is 0 Å². The summed E-state index contributed by atoms with van der Waals surface area (Å²) in [6, 6.07) is 0. The van der Waals surface area contributed by atoms with Crippen molar-refractivity contribution >= 4 is 7.85 Å². The summed E-state index contributed by atoms with van der Waals surface area (Å²) in [7, 11) is 6.46. The van der Waals surface area contributed by atoms with Crippen molar-refractivity contribution in [3.8, 4) is 0 Å². The van der Waals surface area contributed by atoms with Gasteiger partial charge in [-0.3, -0.25) is 0 Å². The van der Waals surface area contributed by atoms with Gasteiger partial charge in [-0.2, -0.15) is 0 Å². The van der Waals surface area contributed by atoms with Gasteiger partial charge in [-0.1, -0.05) is 64.6 Å². The van der Waals surface area contributed by atoms with E-state index in [2.05, 4.69) is 20.8 Å². The van der Waals surface area contributed by atoms with Crippen LogP contribution in [0.2, 0.25) is 5.31 Å². The van der Waals surface area contributed by atoms with E-state index in [1.54, 1.807) is 0 Å². The Hall–Kier alpha value is 0.0649. The molecule has 0 aromatic heterocycles. The summed E-state index contributed by atoms with van der Waals surface area (Å²) in [6.07, 6.45) is 7.61. The molecule has 1 heteroatoms. The Morgan fingerprint density at radius 3 is 1.92 bits per heavy atom. The first kappa shape index (κ1) is 10.1. The molecule has 0 amide bonds. The largest absolute Gasteiger partial charge is 0.0753 e. The van der Waals surface area contributed by atoms with Crippen LogP contribution in [0.25, 0.3) is 0 Å². The molecule has 2 radical (unpaired) electrons. The molecular formula is C11H21B. The molecule has 0 heterocycles. The summed E-state index contributed by atoms with van der Waals surface area (Å²) in [5.74, 6) is 0. The maximum atomic E-state index is 6.46. The van der Waals surface area contributed by atoms with Crippen LogP contribution in [0.5, 0.6) is 0 Å². The fourth-order valence-corrected chi connectivity index (χ4v) is 2.56. The predicted octanol–water partition coefficient (Wildman–Crippen LogP) is 3.71. The highest BCUT2D eigenvalue weighted by Gasteiger charge is 2.42. The maximum absolute atomic E-state index is 6.46. The van der Waals surface area contributed by atoms with Crippen molar-refractivity contribution in [2.75, 3.05) is 0 Å². The van der Waals surface area contributed by atoms with E-state index in [1.807, 2.05) is 0 Å². The monoisotopic (exact) mass is 164 g/mol. The zero-order valence-corrected chi connectivity index (χ0v) is 8.82. The van der Waals surface area contributed by atoms with E-state index in [9.17, 15) is 0 Å². The fraction of sp³-hybridized carbons (Fsp3) is 1.00. The summed E-state index contributed by atoms with van der Waals surface area (Å²) in [5, 5.41) is 0.149. The summed E-state index contributed by atoms with van der Waals surface area (Å²) in [6.45, 7) is 6.91. The van der Waals surface area contributed by atoms with E-state index in [0.717, 1.165) is 0 Å². The average Bonchev–Trinajstić information content (AvgIpc) is 2.52. The van der Waals surface area contributed by atoms with Crippen LogP contribution in [0.4, 0.5) is 0 Å². The second-order valence-electron chi connectivity index (χ2n) is 4.63. The summed E-state index contributed by atoms with van der Waals surface area (Å²) < 4.78 is 0.